The van der Waals surface area contributed by atoms with Crippen molar-refractivity contribution < 1.29 is 5.11 Å². The molecule has 1 saturated heterocycles. The minimum Gasteiger partial charge on any atom is -0.391 e. The fraction of sp³-hybridized carbons (Fsp3) is 0.647. The van der Waals surface area contributed by atoms with Crippen molar-refractivity contribution in [3.63, 3.8) is 0 Å². The van der Waals surface area contributed by atoms with Crippen molar-refractivity contribution in [1.29, 1.82) is 0 Å². The third-order valence-corrected chi connectivity index (χ3v) is 6.00. The van der Waals surface area contributed by atoms with Gasteiger partial charge in [0.05, 0.1) is 16.1 Å². The maximum atomic E-state index is 10.9. The van der Waals surface area contributed by atoms with E-state index in [9.17, 15) is 5.11 Å². The Bertz CT molecular complexity index is 499. The van der Waals surface area contributed by atoms with Gasteiger partial charge in [0, 0.05) is 12.0 Å². The van der Waals surface area contributed by atoms with Gasteiger partial charge in [-0.2, -0.15) is 0 Å². The molecule has 0 radical (unpaired) electrons. The van der Waals surface area contributed by atoms with Crippen molar-refractivity contribution >= 4 is 35.6 Å². The highest BCUT2D eigenvalue weighted by Gasteiger charge is 2.45. The lowest BCUT2D eigenvalue weighted by atomic mass is 9.61. The van der Waals surface area contributed by atoms with Gasteiger partial charge >= 0.3 is 0 Å². The average Bonchev–Trinajstić information content (AvgIpc) is 2.42. The molecule has 1 heterocycles. The molecule has 1 saturated carbocycles. The summed E-state index contributed by atoms with van der Waals surface area (Å²) in [5, 5.41) is 12.0. The zero-order valence-corrected chi connectivity index (χ0v) is 15.1. The monoisotopic (exact) mass is 363 g/mol. The topological polar surface area (TPSA) is 23.5 Å². The van der Waals surface area contributed by atoms with E-state index in [0.717, 1.165) is 38.0 Å². The van der Waals surface area contributed by atoms with Crippen molar-refractivity contribution in [2.45, 2.75) is 50.0 Å². The zero-order valence-electron chi connectivity index (χ0n) is 12.7. The van der Waals surface area contributed by atoms with Gasteiger partial charge in [-0.25, -0.2) is 0 Å². The van der Waals surface area contributed by atoms with Crippen LogP contribution in [-0.2, 0) is 5.41 Å². The first-order valence-corrected chi connectivity index (χ1v) is 8.73. The molecule has 1 aromatic carbocycles. The molecule has 5 heteroatoms. The van der Waals surface area contributed by atoms with Gasteiger partial charge in [0.1, 0.15) is 0 Å². The van der Waals surface area contributed by atoms with Gasteiger partial charge in [-0.3, -0.25) is 0 Å². The number of piperidine rings is 1. The molecule has 0 bridgehead atoms. The molecule has 1 aliphatic heterocycles. The third-order valence-electron chi connectivity index (χ3n) is 5.26. The lowest BCUT2D eigenvalue weighted by Crippen LogP contribution is -2.51. The van der Waals surface area contributed by atoms with Crippen molar-refractivity contribution in [2.75, 3.05) is 19.6 Å². The first-order valence-electron chi connectivity index (χ1n) is 7.98. The van der Waals surface area contributed by atoms with Gasteiger partial charge in [-0.1, -0.05) is 42.1 Å². The molecule has 2 fully saturated rings. The summed E-state index contributed by atoms with van der Waals surface area (Å²) in [6, 6.07) is 5.84. The Kier molecular flexibility index (Phi) is 6.44. The number of hydrogen-bond donors (Lipinski definition) is 1. The second-order valence-electron chi connectivity index (χ2n) is 6.52. The van der Waals surface area contributed by atoms with E-state index in [1.165, 1.54) is 25.7 Å². The molecule has 2 aliphatic rings. The molecule has 1 N–H and O–H groups in total. The van der Waals surface area contributed by atoms with Gasteiger partial charge < -0.3 is 10.0 Å². The molecular weight excluding hydrogens is 341 g/mol. The minimum absolute atomic E-state index is 0. The molecule has 1 aliphatic carbocycles. The summed E-state index contributed by atoms with van der Waals surface area (Å²) in [6.45, 7) is 3.02. The van der Waals surface area contributed by atoms with Crippen molar-refractivity contribution in [3.05, 3.63) is 33.8 Å². The maximum absolute atomic E-state index is 10.9. The van der Waals surface area contributed by atoms with E-state index in [2.05, 4.69) is 4.90 Å². The normalized spacial score (nSPS) is 22.5. The lowest BCUT2D eigenvalue weighted by molar-refractivity contribution is -0.00125. The predicted molar refractivity (Wildman–Crippen MR) is 95.5 cm³/mol. The smallest absolute Gasteiger partial charge is 0.0763 e. The van der Waals surface area contributed by atoms with Gasteiger partial charge in [0.25, 0.3) is 0 Å². The predicted octanol–water partition coefficient (Wildman–Crippen LogP) is 4.68. The van der Waals surface area contributed by atoms with Crippen LogP contribution in [0.1, 0.15) is 44.1 Å². The summed E-state index contributed by atoms with van der Waals surface area (Å²) in [6.07, 6.45) is 6.78. The van der Waals surface area contributed by atoms with Crippen LogP contribution in [0.2, 0.25) is 10.0 Å². The molecule has 22 heavy (non-hydrogen) atoms. The quantitative estimate of drug-likeness (QED) is 0.838. The number of rotatable bonds is 4. The zero-order chi connectivity index (χ0) is 14.9. The number of likely N-dealkylation sites (tertiary alicyclic amines) is 1. The summed E-state index contributed by atoms with van der Waals surface area (Å²) >= 11 is 12.2. The first kappa shape index (κ1) is 18.4. The van der Waals surface area contributed by atoms with Crippen LogP contribution < -0.4 is 0 Å². The van der Waals surface area contributed by atoms with E-state index >= 15 is 0 Å². The van der Waals surface area contributed by atoms with Gasteiger partial charge in [-0.05, 0) is 56.5 Å². The second kappa shape index (κ2) is 7.72. The SMILES string of the molecule is Cl.O[C@@H](CN1CCCCC1)C1(c2ccc(Cl)c(Cl)c2)CCC1. The summed E-state index contributed by atoms with van der Waals surface area (Å²) in [7, 11) is 0. The number of aliphatic hydroxyl groups is 1. The molecule has 3 rings (SSSR count). The van der Waals surface area contributed by atoms with E-state index in [-0.39, 0.29) is 23.9 Å². The fourth-order valence-corrected chi connectivity index (χ4v) is 4.04. The Balaban J connectivity index is 0.00000176. The maximum Gasteiger partial charge on any atom is 0.0763 e. The van der Waals surface area contributed by atoms with Crippen molar-refractivity contribution in [1.82, 2.24) is 4.90 Å². The highest BCUT2D eigenvalue weighted by Crippen LogP contribution is 2.47. The highest BCUT2D eigenvalue weighted by atomic mass is 35.5. The lowest BCUT2D eigenvalue weighted by Gasteiger charge is -2.47. The van der Waals surface area contributed by atoms with Gasteiger partial charge in [0.15, 0.2) is 0 Å². The average molecular weight is 365 g/mol. The molecular formula is C17H24Cl3NO. The molecule has 0 amide bonds. The van der Waals surface area contributed by atoms with E-state index in [0.29, 0.717) is 10.0 Å². The third kappa shape index (κ3) is 3.57. The van der Waals surface area contributed by atoms with E-state index < -0.39 is 0 Å². The Hall–Kier alpha value is 0.01000. The van der Waals surface area contributed by atoms with Gasteiger partial charge in [-0.15, -0.1) is 12.4 Å². The van der Waals surface area contributed by atoms with Crippen LogP contribution in [0.3, 0.4) is 0 Å². The summed E-state index contributed by atoms with van der Waals surface area (Å²) in [5.74, 6) is 0. The number of hydrogen-bond acceptors (Lipinski definition) is 2. The minimum atomic E-state index is -0.318. The van der Waals surface area contributed by atoms with Crippen LogP contribution in [0.5, 0.6) is 0 Å². The standard InChI is InChI=1S/C17H23Cl2NO.ClH/c18-14-6-5-13(11-15(14)19)17(7-4-8-17)16(21)12-20-9-2-1-3-10-20;/h5-6,11,16,21H,1-4,7-10,12H2;1H/t16-;/m0./s1. The summed E-state index contributed by atoms with van der Waals surface area (Å²) in [5.41, 5.74) is 1.03. The Morgan fingerprint density at radius 3 is 2.27 bits per heavy atom. The number of benzene rings is 1. The molecule has 0 aromatic heterocycles. The number of nitrogens with zero attached hydrogens (tertiary/aromatic N) is 1. The van der Waals surface area contributed by atoms with Crippen LogP contribution in [0.4, 0.5) is 0 Å². The van der Waals surface area contributed by atoms with E-state index in [1.807, 2.05) is 18.2 Å². The molecule has 0 unspecified atom stereocenters. The molecule has 1 aromatic rings. The molecule has 1 atom stereocenters. The summed E-state index contributed by atoms with van der Waals surface area (Å²) in [4.78, 5) is 2.41. The van der Waals surface area contributed by atoms with Crippen LogP contribution >= 0.6 is 35.6 Å². The largest absolute Gasteiger partial charge is 0.391 e. The molecule has 124 valence electrons. The Morgan fingerprint density at radius 1 is 1.05 bits per heavy atom. The Labute approximate surface area is 149 Å². The van der Waals surface area contributed by atoms with Crippen molar-refractivity contribution in [2.24, 2.45) is 0 Å². The van der Waals surface area contributed by atoms with E-state index in [4.69, 9.17) is 23.2 Å². The second-order valence-corrected chi connectivity index (χ2v) is 7.33. The fourth-order valence-electron chi connectivity index (χ4n) is 3.74. The molecule has 2 nitrogen and oxygen atoms in total. The van der Waals surface area contributed by atoms with Crippen LogP contribution in [0.15, 0.2) is 18.2 Å². The van der Waals surface area contributed by atoms with Crippen LogP contribution in [-0.4, -0.2) is 35.7 Å². The Morgan fingerprint density at radius 2 is 1.73 bits per heavy atom. The summed E-state index contributed by atoms with van der Waals surface area (Å²) < 4.78 is 0. The molecule has 0 spiro atoms. The van der Waals surface area contributed by atoms with Crippen molar-refractivity contribution in [3.8, 4) is 0 Å². The first-order chi connectivity index (χ1) is 10.1. The van der Waals surface area contributed by atoms with Crippen LogP contribution in [0.25, 0.3) is 0 Å². The van der Waals surface area contributed by atoms with Gasteiger partial charge in [0.2, 0.25) is 0 Å². The number of β-amino-alcohol motifs (C(OH)–C–C–N with tert-alkyl or cyclic N) is 1. The number of halogens is 3. The van der Waals surface area contributed by atoms with E-state index in [1.54, 1.807) is 0 Å². The number of aliphatic hydroxyl groups excluding tert-OH is 1. The van der Waals surface area contributed by atoms with Crippen LogP contribution in [0, 0.1) is 0 Å². The highest BCUT2D eigenvalue weighted by molar-refractivity contribution is 6.42.